The molecule has 0 atom stereocenters. The van der Waals surface area contributed by atoms with E-state index in [1.807, 2.05) is 36.4 Å². The molecule has 0 unspecified atom stereocenters. The summed E-state index contributed by atoms with van der Waals surface area (Å²) < 4.78 is 10.6. The molecule has 0 bridgehead atoms. The van der Waals surface area contributed by atoms with Gasteiger partial charge in [-0.1, -0.05) is 30.3 Å². The molecule has 0 aliphatic heterocycles. The number of ether oxygens (including phenoxy) is 2. The second-order valence-corrected chi connectivity index (χ2v) is 8.12. The van der Waals surface area contributed by atoms with Gasteiger partial charge in [-0.15, -0.1) is 0 Å². The van der Waals surface area contributed by atoms with E-state index in [0.29, 0.717) is 18.8 Å². The number of hydrogen-bond acceptors (Lipinski definition) is 5. The van der Waals surface area contributed by atoms with Crippen LogP contribution in [0.3, 0.4) is 0 Å². The van der Waals surface area contributed by atoms with E-state index in [0.717, 1.165) is 11.3 Å². The van der Waals surface area contributed by atoms with Crippen LogP contribution in [0, 0.1) is 0 Å². The first-order valence-electron chi connectivity index (χ1n) is 10.5. The number of para-hydroxylation sites is 1. The molecular weight excluding hydrogens is 410 g/mol. The van der Waals surface area contributed by atoms with Crippen LogP contribution in [0.2, 0.25) is 0 Å². The maximum Gasteiger partial charge on any atom is 0.407 e. The lowest BCUT2D eigenvalue weighted by Gasteiger charge is -2.19. The van der Waals surface area contributed by atoms with Gasteiger partial charge in [-0.3, -0.25) is 9.59 Å². The molecule has 32 heavy (non-hydrogen) atoms. The van der Waals surface area contributed by atoms with Crippen LogP contribution >= 0.6 is 0 Å². The lowest BCUT2D eigenvalue weighted by atomic mass is 10.2. The maximum absolute atomic E-state index is 12.1. The van der Waals surface area contributed by atoms with Crippen molar-refractivity contribution >= 4 is 23.6 Å². The summed E-state index contributed by atoms with van der Waals surface area (Å²) in [5.74, 6) is 0.369. The summed E-state index contributed by atoms with van der Waals surface area (Å²) in [6, 6.07) is 16.5. The number of hydrogen-bond donors (Lipinski definition) is 3. The van der Waals surface area contributed by atoms with Crippen molar-refractivity contribution in [1.29, 1.82) is 0 Å². The molecule has 0 aliphatic rings. The number of alkyl carbamates (subject to hydrolysis) is 1. The zero-order chi connectivity index (χ0) is 23.4. The average Bonchev–Trinajstić information content (AvgIpc) is 2.72. The van der Waals surface area contributed by atoms with Gasteiger partial charge >= 0.3 is 6.09 Å². The minimum Gasteiger partial charge on any atom is -0.493 e. The van der Waals surface area contributed by atoms with Crippen LogP contribution < -0.4 is 20.7 Å². The molecule has 8 heteroatoms. The monoisotopic (exact) mass is 441 g/mol. The van der Waals surface area contributed by atoms with Gasteiger partial charge in [0.25, 0.3) is 0 Å². The van der Waals surface area contributed by atoms with Gasteiger partial charge in [-0.25, -0.2) is 4.79 Å². The Labute approximate surface area is 188 Å². The Morgan fingerprint density at radius 2 is 1.62 bits per heavy atom. The Morgan fingerprint density at radius 1 is 0.875 bits per heavy atom. The van der Waals surface area contributed by atoms with Crippen LogP contribution in [-0.4, -0.2) is 36.7 Å². The van der Waals surface area contributed by atoms with Gasteiger partial charge in [0, 0.05) is 25.2 Å². The standard InChI is InChI=1S/C24H31N3O5/c1-24(2,3)32-23(30)25-14-12-22(29)27-19-9-7-8-18(16-19)17-26-21(28)13-15-31-20-10-5-4-6-11-20/h4-11,16H,12-15,17H2,1-3H3,(H,25,30)(H,26,28)(H,27,29). The highest BCUT2D eigenvalue weighted by molar-refractivity contribution is 5.91. The predicted octanol–water partition coefficient (Wildman–Crippen LogP) is 3.63. The van der Waals surface area contributed by atoms with E-state index in [4.69, 9.17) is 9.47 Å². The molecule has 0 saturated carbocycles. The smallest absolute Gasteiger partial charge is 0.407 e. The van der Waals surface area contributed by atoms with Gasteiger partial charge in [0.2, 0.25) is 11.8 Å². The van der Waals surface area contributed by atoms with Crippen LogP contribution in [0.25, 0.3) is 0 Å². The van der Waals surface area contributed by atoms with E-state index >= 15 is 0 Å². The van der Waals surface area contributed by atoms with E-state index in [1.165, 1.54) is 0 Å². The molecule has 0 saturated heterocycles. The molecule has 0 spiro atoms. The molecular formula is C24H31N3O5. The average molecular weight is 442 g/mol. The van der Waals surface area contributed by atoms with Crippen LogP contribution in [0.1, 0.15) is 39.2 Å². The number of nitrogens with one attached hydrogen (secondary N) is 3. The molecule has 0 heterocycles. The summed E-state index contributed by atoms with van der Waals surface area (Å²) >= 11 is 0. The second-order valence-electron chi connectivity index (χ2n) is 8.12. The number of anilines is 1. The van der Waals surface area contributed by atoms with Crippen molar-refractivity contribution in [2.24, 2.45) is 0 Å². The number of carbonyl (C=O) groups is 3. The van der Waals surface area contributed by atoms with Crippen molar-refractivity contribution < 1.29 is 23.9 Å². The molecule has 0 radical (unpaired) electrons. The van der Waals surface area contributed by atoms with Gasteiger partial charge in [-0.05, 0) is 50.6 Å². The third-order valence-electron chi connectivity index (χ3n) is 4.06. The summed E-state index contributed by atoms with van der Waals surface area (Å²) in [6.45, 7) is 6.12. The van der Waals surface area contributed by atoms with Crippen LogP contribution in [0.15, 0.2) is 54.6 Å². The lowest BCUT2D eigenvalue weighted by Crippen LogP contribution is -2.34. The molecule has 0 aromatic heterocycles. The molecule has 0 fully saturated rings. The van der Waals surface area contributed by atoms with Crippen molar-refractivity contribution in [1.82, 2.24) is 10.6 Å². The summed E-state index contributed by atoms with van der Waals surface area (Å²) in [4.78, 5) is 35.7. The molecule has 3 amide bonds. The Kier molecular flexibility index (Phi) is 9.53. The molecule has 2 aromatic rings. The quantitative estimate of drug-likeness (QED) is 0.522. The first kappa shape index (κ1) is 24.7. The fourth-order valence-corrected chi connectivity index (χ4v) is 2.64. The zero-order valence-electron chi connectivity index (χ0n) is 18.8. The van der Waals surface area contributed by atoms with Gasteiger partial charge < -0.3 is 25.4 Å². The van der Waals surface area contributed by atoms with Gasteiger partial charge in [0.1, 0.15) is 11.4 Å². The van der Waals surface area contributed by atoms with Gasteiger partial charge in [0.15, 0.2) is 0 Å². The van der Waals surface area contributed by atoms with E-state index in [-0.39, 0.29) is 31.2 Å². The third-order valence-corrected chi connectivity index (χ3v) is 4.06. The highest BCUT2D eigenvalue weighted by Crippen LogP contribution is 2.12. The molecule has 8 nitrogen and oxygen atoms in total. The topological polar surface area (TPSA) is 106 Å². The Bertz CT molecular complexity index is 894. The minimum absolute atomic E-state index is 0.113. The van der Waals surface area contributed by atoms with Crippen molar-refractivity contribution in [2.45, 2.75) is 45.8 Å². The SMILES string of the molecule is CC(C)(C)OC(=O)NCCC(=O)Nc1cccc(CNC(=O)CCOc2ccccc2)c1. The fraction of sp³-hybridized carbons (Fsp3) is 0.375. The van der Waals surface area contributed by atoms with Crippen LogP contribution in [0.4, 0.5) is 10.5 Å². The summed E-state index contributed by atoms with van der Waals surface area (Å²) in [5.41, 5.74) is 0.885. The molecule has 3 N–H and O–H groups in total. The van der Waals surface area contributed by atoms with Crippen molar-refractivity contribution in [3.05, 3.63) is 60.2 Å². The highest BCUT2D eigenvalue weighted by Gasteiger charge is 2.16. The van der Waals surface area contributed by atoms with Crippen molar-refractivity contribution in [3.63, 3.8) is 0 Å². The number of amides is 3. The fourth-order valence-electron chi connectivity index (χ4n) is 2.64. The molecule has 172 valence electrons. The van der Waals surface area contributed by atoms with Gasteiger partial charge in [0.05, 0.1) is 13.0 Å². The summed E-state index contributed by atoms with van der Waals surface area (Å²) in [6.07, 6.45) is -0.199. The van der Waals surface area contributed by atoms with Crippen LogP contribution in [0.5, 0.6) is 5.75 Å². The Balaban J connectivity index is 1.68. The molecule has 2 rings (SSSR count). The van der Waals surface area contributed by atoms with E-state index in [1.54, 1.807) is 39.0 Å². The summed E-state index contributed by atoms with van der Waals surface area (Å²) in [7, 11) is 0. The molecule has 2 aromatic carbocycles. The molecule has 0 aliphatic carbocycles. The van der Waals surface area contributed by atoms with Crippen LogP contribution in [-0.2, 0) is 20.9 Å². The number of carbonyl (C=O) groups excluding carboxylic acids is 3. The predicted molar refractivity (Wildman–Crippen MR) is 122 cm³/mol. The largest absolute Gasteiger partial charge is 0.493 e. The number of benzene rings is 2. The van der Waals surface area contributed by atoms with Crippen molar-refractivity contribution in [3.8, 4) is 5.75 Å². The Morgan fingerprint density at radius 3 is 2.34 bits per heavy atom. The normalized spacial score (nSPS) is 10.7. The zero-order valence-corrected chi connectivity index (χ0v) is 18.8. The van der Waals surface area contributed by atoms with E-state index < -0.39 is 11.7 Å². The van der Waals surface area contributed by atoms with E-state index in [2.05, 4.69) is 16.0 Å². The first-order valence-corrected chi connectivity index (χ1v) is 10.5. The van der Waals surface area contributed by atoms with Crippen molar-refractivity contribution in [2.75, 3.05) is 18.5 Å². The summed E-state index contributed by atoms with van der Waals surface area (Å²) in [5, 5.41) is 8.17. The van der Waals surface area contributed by atoms with Gasteiger partial charge in [-0.2, -0.15) is 0 Å². The number of rotatable bonds is 10. The second kappa shape index (κ2) is 12.3. The first-order chi connectivity index (χ1) is 15.2. The lowest BCUT2D eigenvalue weighted by molar-refractivity contribution is -0.121. The minimum atomic E-state index is -0.586. The Hall–Kier alpha value is -3.55. The third kappa shape index (κ3) is 10.5. The maximum atomic E-state index is 12.1. The van der Waals surface area contributed by atoms with E-state index in [9.17, 15) is 14.4 Å². The highest BCUT2D eigenvalue weighted by atomic mass is 16.6.